The first-order valence-electron chi connectivity index (χ1n) is 7.51. The second-order valence-corrected chi connectivity index (χ2v) is 8.83. The minimum Gasteiger partial charge on any atom is -0.303 e. The highest BCUT2D eigenvalue weighted by atomic mass is 32.2. The summed E-state index contributed by atoms with van der Waals surface area (Å²) in [5.74, 6) is 0.288. The van der Waals surface area contributed by atoms with Crippen LogP contribution in [0.1, 0.15) is 36.0 Å². The van der Waals surface area contributed by atoms with Gasteiger partial charge in [0.25, 0.3) is 10.0 Å². The van der Waals surface area contributed by atoms with Crippen LogP contribution in [0, 0.1) is 5.92 Å². The highest BCUT2D eigenvalue weighted by Crippen LogP contribution is 2.37. The van der Waals surface area contributed by atoms with Crippen LogP contribution in [0.25, 0.3) is 0 Å². The number of sulfonamides is 1. The molecule has 2 aromatic rings. The molecule has 2 N–H and O–H groups in total. The van der Waals surface area contributed by atoms with Crippen molar-refractivity contribution < 1.29 is 21.6 Å². The molecule has 0 saturated heterocycles. The Bertz CT molecular complexity index is 892. The van der Waals surface area contributed by atoms with Crippen LogP contribution < -0.4 is 10.0 Å². The summed E-state index contributed by atoms with van der Waals surface area (Å²) in [4.78, 5) is 4.80. The van der Waals surface area contributed by atoms with E-state index in [1.54, 1.807) is 0 Å². The maximum absolute atomic E-state index is 12.8. The Morgan fingerprint density at radius 3 is 2.72 bits per heavy atom. The molecule has 1 aliphatic rings. The fourth-order valence-corrected chi connectivity index (χ4v) is 4.88. The van der Waals surface area contributed by atoms with Crippen molar-refractivity contribution in [3.8, 4) is 0 Å². The molecule has 10 heteroatoms. The number of nitrogens with zero attached hydrogens (tertiary/aromatic N) is 1. The van der Waals surface area contributed by atoms with E-state index in [0.717, 1.165) is 28.8 Å². The van der Waals surface area contributed by atoms with Gasteiger partial charge in [-0.3, -0.25) is 4.72 Å². The molecule has 1 unspecified atom stereocenters. The molecule has 0 radical (unpaired) electrons. The zero-order chi connectivity index (χ0) is 18.4. The monoisotopic (exact) mass is 391 g/mol. The molecule has 0 fully saturated rings. The van der Waals surface area contributed by atoms with Crippen molar-refractivity contribution >= 4 is 26.5 Å². The average molecular weight is 391 g/mol. The third kappa shape index (κ3) is 3.65. The molecule has 25 heavy (non-hydrogen) atoms. The fourth-order valence-electron chi connectivity index (χ4n) is 2.64. The highest BCUT2D eigenvalue weighted by Gasteiger charge is 2.33. The van der Waals surface area contributed by atoms with E-state index in [-0.39, 0.29) is 17.1 Å². The van der Waals surface area contributed by atoms with Crippen LogP contribution in [-0.2, 0) is 22.7 Å². The van der Waals surface area contributed by atoms with Crippen molar-refractivity contribution in [1.82, 2.24) is 10.3 Å². The van der Waals surface area contributed by atoms with E-state index in [2.05, 4.69) is 15.0 Å². The fraction of sp³-hybridized carbons (Fsp3) is 0.400. The van der Waals surface area contributed by atoms with Gasteiger partial charge in [-0.1, -0.05) is 31.3 Å². The van der Waals surface area contributed by atoms with Gasteiger partial charge in [0, 0.05) is 11.4 Å². The van der Waals surface area contributed by atoms with Gasteiger partial charge in [0.2, 0.25) is 0 Å². The number of halogens is 3. The maximum atomic E-state index is 12.8. The van der Waals surface area contributed by atoms with Gasteiger partial charge in [0.05, 0.1) is 22.2 Å². The summed E-state index contributed by atoms with van der Waals surface area (Å²) in [5, 5.41) is 3.45. The normalized spacial score (nSPS) is 17.8. The number of aromatic nitrogens is 1. The van der Waals surface area contributed by atoms with Crippen LogP contribution in [0.15, 0.2) is 29.2 Å². The van der Waals surface area contributed by atoms with E-state index in [9.17, 15) is 21.6 Å². The summed E-state index contributed by atoms with van der Waals surface area (Å²) >= 11 is 1.19. The Morgan fingerprint density at radius 2 is 2.08 bits per heavy atom. The number of rotatable bonds is 4. The number of nitrogens with one attached hydrogen (secondary N) is 2. The number of fused-ring (bicyclic) bond motifs is 1. The minimum absolute atomic E-state index is 0.0399. The Morgan fingerprint density at radius 1 is 1.36 bits per heavy atom. The van der Waals surface area contributed by atoms with Crippen molar-refractivity contribution in [2.45, 2.75) is 37.5 Å². The molecule has 5 nitrogen and oxygen atoms in total. The lowest BCUT2D eigenvalue weighted by atomic mass is 10.0. The van der Waals surface area contributed by atoms with Gasteiger partial charge in [0.15, 0.2) is 5.13 Å². The van der Waals surface area contributed by atoms with E-state index in [0.29, 0.717) is 12.6 Å². The second kappa shape index (κ2) is 6.26. The van der Waals surface area contributed by atoms with E-state index in [4.69, 9.17) is 0 Å². The zero-order valence-electron chi connectivity index (χ0n) is 13.4. The first-order valence-corrected chi connectivity index (χ1v) is 9.81. The lowest BCUT2D eigenvalue weighted by Crippen LogP contribution is -2.19. The second-order valence-electron chi connectivity index (χ2n) is 6.06. The van der Waals surface area contributed by atoms with Crippen LogP contribution in [0.3, 0.4) is 0 Å². The van der Waals surface area contributed by atoms with E-state index in [1.165, 1.54) is 11.3 Å². The largest absolute Gasteiger partial charge is 0.416 e. The van der Waals surface area contributed by atoms with Gasteiger partial charge in [-0.25, -0.2) is 13.4 Å². The SMILES string of the molecule is CC(C)C1NCc2sc(NS(=O)(=O)c3cccc(C(F)(F)F)c3)nc21. The van der Waals surface area contributed by atoms with E-state index < -0.39 is 26.7 Å². The first-order chi connectivity index (χ1) is 11.6. The number of thiazole rings is 1. The van der Waals surface area contributed by atoms with Crippen molar-refractivity contribution in [3.63, 3.8) is 0 Å². The molecule has 0 bridgehead atoms. The summed E-state index contributed by atoms with van der Waals surface area (Å²) < 4.78 is 65.4. The number of hydrogen-bond donors (Lipinski definition) is 2. The molecule has 2 heterocycles. The predicted molar refractivity (Wildman–Crippen MR) is 88.8 cm³/mol. The lowest BCUT2D eigenvalue weighted by molar-refractivity contribution is -0.137. The molecule has 136 valence electrons. The number of alkyl halides is 3. The molecule has 0 aliphatic carbocycles. The van der Waals surface area contributed by atoms with Crippen molar-refractivity contribution in [1.29, 1.82) is 0 Å². The van der Waals surface area contributed by atoms with Gasteiger partial charge in [-0.15, -0.1) is 0 Å². The molecule has 0 spiro atoms. The van der Waals surface area contributed by atoms with Crippen molar-refractivity contribution in [2.24, 2.45) is 5.92 Å². The Hall–Kier alpha value is -1.65. The molecule has 1 aromatic heterocycles. The molecule has 1 aliphatic heterocycles. The molecular weight excluding hydrogens is 375 g/mol. The topological polar surface area (TPSA) is 71.1 Å². The zero-order valence-corrected chi connectivity index (χ0v) is 15.0. The summed E-state index contributed by atoms with van der Waals surface area (Å²) in [6.07, 6.45) is -4.61. The Labute approximate surface area is 147 Å². The van der Waals surface area contributed by atoms with Crippen LogP contribution in [0.5, 0.6) is 0 Å². The Kier molecular flexibility index (Phi) is 4.54. The van der Waals surface area contributed by atoms with Crippen molar-refractivity contribution in [3.05, 3.63) is 40.4 Å². The van der Waals surface area contributed by atoms with Gasteiger partial charge in [-0.05, 0) is 24.1 Å². The third-order valence-corrected chi connectivity index (χ3v) is 6.32. The van der Waals surface area contributed by atoms with Crippen LogP contribution in [0.2, 0.25) is 0 Å². The van der Waals surface area contributed by atoms with Crippen LogP contribution in [0.4, 0.5) is 18.3 Å². The predicted octanol–water partition coefficient (Wildman–Crippen LogP) is 3.76. The average Bonchev–Trinajstić information content (AvgIpc) is 3.05. The molecule has 0 amide bonds. The molecule has 3 rings (SSSR count). The minimum atomic E-state index is -4.61. The van der Waals surface area contributed by atoms with Gasteiger partial charge >= 0.3 is 6.18 Å². The number of benzene rings is 1. The molecule has 0 saturated carbocycles. The van der Waals surface area contributed by atoms with E-state index in [1.807, 2.05) is 13.8 Å². The van der Waals surface area contributed by atoms with E-state index >= 15 is 0 Å². The van der Waals surface area contributed by atoms with Crippen LogP contribution >= 0.6 is 11.3 Å². The lowest BCUT2D eigenvalue weighted by Gasteiger charge is -2.14. The summed E-state index contributed by atoms with van der Waals surface area (Å²) in [6.45, 7) is 4.65. The number of hydrogen-bond acceptors (Lipinski definition) is 5. The van der Waals surface area contributed by atoms with Gasteiger partial charge in [0.1, 0.15) is 0 Å². The van der Waals surface area contributed by atoms with Crippen molar-refractivity contribution in [2.75, 3.05) is 4.72 Å². The quantitative estimate of drug-likeness (QED) is 0.833. The van der Waals surface area contributed by atoms with Gasteiger partial charge in [-0.2, -0.15) is 13.2 Å². The van der Waals surface area contributed by atoms with Gasteiger partial charge < -0.3 is 5.32 Å². The molecule has 1 atom stereocenters. The third-order valence-electron chi connectivity index (χ3n) is 3.86. The maximum Gasteiger partial charge on any atom is 0.416 e. The Balaban J connectivity index is 1.87. The summed E-state index contributed by atoms with van der Waals surface area (Å²) in [5.41, 5.74) is -0.220. The number of anilines is 1. The first kappa shape index (κ1) is 18.2. The van der Waals surface area contributed by atoms with Crippen LogP contribution in [-0.4, -0.2) is 13.4 Å². The smallest absolute Gasteiger partial charge is 0.303 e. The molecular formula is C15H16F3N3O2S2. The summed E-state index contributed by atoms with van der Waals surface area (Å²) in [6, 6.07) is 3.67. The standard InChI is InChI=1S/C15H16F3N3O2S2/c1-8(2)12-13-11(7-19-12)24-14(20-13)21-25(22,23)10-5-3-4-9(6-10)15(16,17)18/h3-6,8,12,19H,7H2,1-2H3,(H,20,21). The molecule has 1 aromatic carbocycles. The summed E-state index contributed by atoms with van der Waals surface area (Å²) in [7, 11) is -4.14. The highest BCUT2D eigenvalue weighted by molar-refractivity contribution is 7.93.